The Kier molecular flexibility index (Phi) is 6.13. The van der Waals surface area contributed by atoms with E-state index in [1.807, 2.05) is 6.07 Å². The Morgan fingerprint density at radius 3 is 2.75 bits per heavy atom. The molecule has 6 heteroatoms. The standard InChI is InChI=1S/C18H23NO4.ClH/c1-22-15-6-4-12-3-5-14(9-13(12)10-15)19-8-7-17(20)16(11-19)18(21)23-2;/h4,6,10,14,20H,3,5,7-9,11H2,1-2H3;1H. The number of carbonyl (C=O) groups is 1. The third-order valence-electron chi connectivity index (χ3n) is 4.91. The van der Waals surface area contributed by atoms with Crippen molar-refractivity contribution in [2.75, 3.05) is 27.3 Å². The summed E-state index contributed by atoms with van der Waals surface area (Å²) in [5, 5.41) is 9.95. The molecule has 1 aliphatic carbocycles. The first kappa shape index (κ1) is 18.6. The summed E-state index contributed by atoms with van der Waals surface area (Å²) in [7, 11) is 3.04. The molecule has 1 atom stereocenters. The molecule has 5 nitrogen and oxygen atoms in total. The van der Waals surface area contributed by atoms with Crippen LogP contribution in [0.3, 0.4) is 0 Å². The minimum Gasteiger partial charge on any atom is -0.512 e. The van der Waals surface area contributed by atoms with Crippen LogP contribution in [0.15, 0.2) is 29.5 Å². The molecule has 1 unspecified atom stereocenters. The fourth-order valence-electron chi connectivity index (χ4n) is 3.54. The van der Waals surface area contributed by atoms with Gasteiger partial charge in [0.25, 0.3) is 0 Å². The highest BCUT2D eigenvalue weighted by Gasteiger charge is 2.31. The van der Waals surface area contributed by atoms with Gasteiger partial charge >= 0.3 is 5.97 Å². The van der Waals surface area contributed by atoms with Crippen LogP contribution in [-0.2, 0) is 22.4 Å². The van der Waals surface area contributed by atoms with Gasteiger partial charge in [-0.1, -0.05) is 6.07 Å². The topological polar surface area (TPSA) is 59.0 Å². The maximum absolute atomic E-state index is 11.8. The molecule has 2 aliphatic rings. The molecule has 0 radical (unpaired) electrons. The van der Waals surface area contributed by atoms with Crippen LogP contribution in [-0.4, -0.2) is 49.3 Å². The molecule has 0 bridgehead atoms. The fourth-order valence-corrected chi connectivity index (χ4v) is 3.54. The number of nitrogens with zero attached hydrogens (tertiary/aromatic N) is 1. The molecule has 0 fully saturated rings. The van der Waals surface area contributed by atoms with Crippen LogP contribution < -0.4 is 4.74 Å². The second-order valence-corrected chi connectivity index (χ2v) is 6.17. The number of hydrogen-bond donors (Lipinski definition) is 1. The van der Waals surface area contributed by atoms with Crippen molar-refractivity contribution in [1.82, 2.24) is 4.90 Å². The summed E-state index contributed by atoms with van der Waals surface area (Å²) in [6.07, 6.45) is 3.55. The molecule has 132 valence electrons. The van der Waals surface area contributed by atoms with Crippen molar-refractivity contribution in [3.05, 3.63) is 40.7 Å². The molecular weight excluding hydrogens is 330 g/mol. The highest BCUT2D eigenvalue weighted by molar-refractivity contribution is 5.89. The summed E-state index contributed by atoms with van der Waals surface area (Å²) < 4.78 is 10.1. The zero-order valence-electron chi connectivity index (χ0n) is 14.1. The lowest BCUT2D eigenvalue weighted by molar-refractivity contribution is -0.136. The van der Waals surface area contributed by atoms with Gasteiger partial charge in [-0.15, -0.1) is 12.4 Å². The molecule has 1 aromatic rings. The number of fused-ring (bicyclic) bond motifs is 1. The van der Waals surface area contributed by atoms with Crippen LogP contribution in [0.25, 0.3) is 0 Å². The van der Waals surface area contributed by atoms with E-state index in [1.165, 1.54) is 18.2 Å². The van der Waals surface area contributed by atoms with E-state index in [9.17, 15) is 9.90 Å². The van der Waals surface area contributed by atoms with Crippen molar-refractivity contribution < 1.29 is 19.4 Å². The van der Waals surface area contributed by atoms with E-state index in [0.29, 0.717) is 24.6 Å². The first-order valence-electron chi connectivity index (χ1n) is 8.01. The first-order chi connectivity index (χ1) is 11.1. The number of rotatable bonds is 3. The summed E-state index contributed by atoms with van der Waals surface area (Å²) >= 11 is 0. The van der Waals surface area contributed by atoms with E-state index in [-0.39, 0.29) is 18.2 Å². The SMILES string of the molecule is COC(=O)C1=C(O)CCN(C2CCc3ccc(OC)cc3C2)C1.Cl. The van der Waals surface area contributed by atoms with Gasteiger partial charge in [-0.2, -0.15) is 0 Å². The summed E-state index contributed by atoms with van der Waals surface area (Å²) in [5.74, 6) is 0.631. The largest absolute Gasteiger partial charge is 0.512 e. The quantitative estimate of drug-likeness (QED) is 0.847. The summed E-state index contributed by atoms with van der Waals surface area (Å²) in [4.78, 5) is 14.1. The van der Waals surface area contributed by atoms with Crippen LogP contribution >= 0.6 is 12.4 Å². The molecule has 1 aliphatic heterocycles. The maximum Gasteiger partial charge on any atom is 0.338 e. The Bertz CT molecular complexity index is 644. The number of aryl methyl sites for hydroxylation is 1. The predicted octanol–water partition coefficient (Wildman–Crippen LogP) is 2.67. The summed E-state index contributed by atoms with van der Waals surface area (Å²) in [5.41, 5.74) is 3.10. The Labute approximate surface area is 148 Å². The average molecular weight is 354 g/mol. The van der Waals surface area contributed by atoms with Crippen molar-refractivity contribution in [2.24, 2.45) is 0 Å². The van der Waals surface area contributed by atoms with Gasteiger partial charge in [0.2, 0.25) is 0 Å². The van der Waals surface area contributed by atoms with Gasteiger partial charge in [-0.3, -0.25) is 4.90 Å². The van der Waals surface area contributed by atoms with Crippen molar-refractivity contribution in [1.29, 1.82) is 0 Å². The van der Waals surface area contributed by atoms with E-state index < -0.39 is 5.97 Å². The Morgan fingerprint density at radius 1 is 1.25 bits per heavy atom. The molecular formula is C18H24ClNO4. The Balaban J connectivity index is 0.00000208. The van der Waals surface area contributed by atoms with Crippen molar-refractivity contribution >= 4 is 18.4 Å². The molecule has 1 aromatic carbocycles. The first-order valence-corrected chi connectivity index (χ1v) is 8.01. The monoisotopic (exact) mass is 353 g/mol. The minimum absolute atomic E-state index is 0. The van der Waals surface area contributed by atoms with Crippen LogP contribution in [0, 0.1) is 0 Å². The molecule has 0 saturated heterocycles. The highest BCUT2D eigenvalue weighted by atomic mass is 35.5. The molecule has 24 heavy (non-hydrogen) atoms. The normalized spacial score (nSPS) is 20.8. The Hall–Kier alpha value is -1.72. The van der Waals surface area contributed by atoms with E-state index >= 15 is 0 Å². The van der Waals surface area contributed by atoms with Gasteiger partial charge in [0.05, 0.1) is 19.8 Å². The summed E-state index contributed by atoms with van der Waals surface area (Å²) in [6.45, 7) is 1.23. The number of methoxy groups -OCH3 is 2. The van der Waals surface area contributed by atoms with Crippen molar-refractivity contribution in [3.8, 4) is 5.75 Å². The molecule has 0 saturated carbocycles. The number of aliphatic hydroxyl groups excluding tert-OH is 1. The number of aliphatic hydroxyl groups is 1. The second-order valence-electron chi connectivity index (χ2n) is 6.17. The van der Waals surface area contributed by atoms with Gasteiger partial charge < -0.3 is 14.6 Å². The lowest BCUT2D eigenvalue weighted by Crippen LogP contribution is -2.44. The minimum atomic E-state index is -0.426. The van der Waals surface area contributed by atoms with Gasteiger partial charge in [0, 0.05) is 25.6 Å². The third kappa shape index (κ3) is 3.68. The second kappa shape index (κ2) is 7.90. The number of halogens is 1. The lowest BCUT2D eigenvalue weighted by atomic mass is 9.86. The van der Waals surface area contributed by atoms with E-state index in [1.54, 1.807) is 7.11 Å². The molecule has 1 heterocycles. The molecule has 0 spiro atoms. The van der Waals surface area contributed by atoms with E-state index in [4.69, 9.17) is 9.47 Å². The van der Waals surface area contributed by atoms with Gasteiger partial charge in [0.1, 0.15) is 11.5 Å². The van der Waals surface area contributed by atoms with Gasteiger partial charge in [0.15, 0.2) is 0 Å². The predicted molar refractivity (Wildman–Crippen MR) is 93.9 cm³/mol. The van der Waals surface area contributed by atoms with Crippen LogP contribution in [0.5, 0.6) is 5.75 Å². The molecule has 3 rings (SSSR count). The van der Waals surface area contributed by atoms with Crippen LogP contribution in [0.4, 0.5) is 0 Å². The number of hydrogen-bond acceptors (Lipinski definition) is 5. The maximum atomic E-state index is 11.8. The van der Waals surface area contributed by atoms with Crippen molar-refractivity contribution in [2.45, 2.75) is 31.7 Å². The van der Waals surface area contributed by atoms with Crippen LogP contribution in [0.1, 0.15) is 24.0 Å². The van der Waals surface area contributed by atoms with E-state index in [0.717, 1.165) is 31.6 Å². The van der Waals surface area contributed by atoms with Gasteiger partial charge in [-0.05, 0) is 42.5 Å². The number of ether oxygens (including phenoxy) is 2. The van der Waals surface area contributed by atoms with Crippen LogP contribution in [0.2, 0.25) is 0 Å². The average Bonchev–Trinajstić information content (AvgIpc) is 2.60. The Morgan fingerprint density at radius 2 is 2.04 bits per heavy atom. The smallest absolute Gasteiger partial charge is 0.338 e. The summed E-state index contributed by atoms with van der Waals surface area (Å²) in [6, 6.07) is 6.64. The van der Waals surface area contributed by atoms with Gasteiger partial charge in [-0.25, -0.2) is 4.79 Å². The lowest BCUT2D eigenvalue weighted by Gasteiger charge is -2.37. The number of esters is 1. The fraction of sp³-hybridized carbons (Fsp3) is 0.500. The number of benzene rings is 1. The highest BCUT2D eigenvalue weighted by Crippen LogP contribution is 2.30. The molecule has 0 aromatic heterocycles. The van der Waals surface area contributed by atoms with E-state index in [2.05, 4.69) is 17.0 Å². The van der Waals surface area contributed by atoms with Crippen molar-refractivity contribution in [3.63, 3.8) is 0 Å². The number of carbonyl (C=O) groups excluding carboxylic acids is 1. The zero-order chi connectivity index (χ0) is 16.4. The third-order valence-corrected chi connectivity index (χ3v) is 4.91. The molecule has 0 amide bonds. The zero-order valence-corrected chi connectivity index (χ0v) is 14.9. The molecule has 1 N–H and O–H groups in total.